The normalized spacial score (nSPS) is 35.9. The van der Waals surface area contributed by atoms with Crippen LogP contribution in [0.2, 0.25) is 0 Å². The quantitative estimate of drug-likeness (QED) is 0.903. The second-order valence-electron chi connectivity index (χ2n) is 6.75. The monoisotopic (exact) mass is 287 g/mol. The number of hydrogen-bond donors (Lipinski definition) is 1. The molecule has 3 aliphatic heterocycles. The predicted octanol–water partition coefficient (Wildman–Crippen LogP) is 1.13. The maximum absolute atomic E-state index is 4.40. The molecule has 3 aliphatic rings. The first-order valence-corrected chi connectivity index (χ1v) is 8.39. The minimum absolute atomic E-state index is 0.597. The van der Waals surface area contributed by atoms with Gasteiger partial charge >= 0.3 is 0 Å². The van der Waals surface area contributed by atoms with Crippen molar-refractivity contribution in [3.63, 3.8) is 0 Å². The first-order chi connectivity index (χ1) is 10.4. The Labute approximate surface area is 126 Å². The Balaban J connectivity index is 1.37. The van der Waals surface area contributed by atoms with E-state index in [9.17, 15) is 0 Å². The Kier molecular flexibility index (Phi) is 3.78. The maximum atomic E-state index is 4.40. The van der Waals surface area contributed by atoms with Crippen molar-refractivity contribution in [3.05, 3.63) is 18.5 Å². The van der Waals surface area contributed by atoms with E-state index in [4.69, 9.17) is 0 Å². The fourth-order valence-corrected chi connectivity index (χ4v) is 4.22. The van der Waals surface area contributed by atoms with Gasteiger partial charge in [-0.15, -0.1) is 0 Å². The summed E-state index contributed by atoms with van der Waals surface area (Å²) >= 11 is 0. The average molecular weight is 287 g/mol. The van der Waals surface area contributed by atoms with E-state index in [0.717, 1.165) is 31.0 Å². The van der Waals surface area contributed by atoms with Gasteiger partial charge in [0.25, 0.3) is 0 Å². The van der Waals surface area contributed by atoms with Crippen LogP contribution in [0.5, 0.6) is 0 Å². The third-order valence-electron chi connectivity index (χ3n) is 5.34. The Morgan fingerprint density at radius 2 is 1.86 bits per heavy atom. The number of hydrogen-bond acceptors (Lipinski definition) is 5. The van der Waals surface area contributed by atoms with Crippen LogP contribution < -0.4 is 10.2 Å². The average Bonchev–Trinajstić information content (AvgIpc) is 2.94. The minimum atomic E-state index is 0.597. The molecule has 4 unspecified atom stereocenters. The van der Waals surface area contributed by atoms with Crippen molar-refractivity contribution in [1.82, 2.24) is 20.2 Å². The molecule has 0 amide bonds. The zero-order valence-electron chi connectivity index (χ0n) is 12.6. The fraction of sp³-hybridized carbons (Fsp3) is 0.750. The van der Waals surface area contributed by atoms with Gasteiger partial charge < -0.3 is 15.1 Å². The molecule has 1 N–H and O–H groups in total. The molecule has 114 valence electrons. The molecule has 0 aromatic carbocycles. The highest BCUT2D eigenvalue weighted by Gasteiger charge is 2.35. The summed E-state index contributed by atoms with van der Waals surface area (Å²) in [5.41, 5.74) is 0. The summed E-state index contributed by atoms with van der Waals surface area (Å²) in [6, 6.07) is 3.21. The highest BCUT2D eigenvalue weighted by Crippen LogP contribution is 2.28. The number of piperidine rings is 2. The van der Waals surface area contributed by atoms with E-state index in [1.165, 1.54) is 45.3 Å². The molecule has 3 fully saturated rings. The Morgan fingerprint density at radius 3 is 2.76 bits per heavy atom. The van der Waals surface area contributed by atoms with Crippen molar-refractivity contribution < 1.29 is 0 Å². The topological polar surface area (TPSA) is 44.3 Å². The first kappa shape index (κ1) is 13.5. The van der Waals surface area contributed by atoms with Gasteiger partial charge in [0.1, 0.15) is 0 Å². The Bertz CT molecular complexity index is 465. The molecule has 3 saturated heterocycles. The smallest absolute Gasteiger partial charge is 0.225 e. The van der Waals surface area contributed by atoms with Gasteiger partial charge in [-0.2, -0.15) is 0 Å². The molecule has 4 rings (SSSR count). The molecule has 0 spiro atoms. The number of rotatable bonds is 3. The molecule has 5 heteroatoms. The van der Waals surface area contributed by atoms with Crippen molar-refractivity contribution in [2.75, 3.05) is 37.6 Å². The summed E-state index contributed by atoms with van der Waals surface area (Å²) in [5.74, 6) is 1.77. The van der Waals surface area contributed by atoms with E-state index in [-0.39, 0.29) is 0 Å². The lowest BCUT2D eigenvalue weighted by Crippen LogP contribution is -2.53. The third kappa shape index (κ3) is 2.90. The summed E-state index contributed by atoms with van der Waals surface area (Å²) in [7, 11) is 0. The second kappa shape index (κ2) is 5.89. The lowest BCUT2D eigenvalue weighted by atomic mass is 9.92. The van der Waals surface area contributed by atoms with E-state index < -0.39 is 0 Å². The molecule has 0 radical (unpaired) electrons. The molecule has 5 nitrogen and oxygen atoms in total. The zero-order chi connectivity index (χ0) is 14.1. The molecule has 1 aromatic heterocycles. The molecule has 21 heavy (non-hydrogen) atoms. The highest BCUT2D eigenvalue weighted by molar-refractivity contribution is 5.29. The summed E-state index contributed by atoms with van der Waals surface area (Å²) in [4.78, 5) is 13.8. The van der Waals surface area contributed by atoms with Crippen LogP contribution in [-0.4, -0.2) is 59.7 Å². The minimum Gasteiger partial charge on any atom is -0.339 e. The first-order valence-electron chi connectivity index (χ1n) is 8.39. The van der Waals surface area contributed by atoms with Crippen molar-refractivity contribution in [1.29, 1.82) is 0 Å². The molecular weight excluding hydrogens is 262 g/mol. The van der Waals surface area contributed by atoms with Gasteiger partial charge in [0, 0.05) is 44.1 Å². The molecule has 0 aliphatic carbocycles. The summed E-state index contributed by atoms with van der Waals surface area (Å²) in [6.45, 7) is 6.06. The van der Waals surface area contributed by atoms with Crippen LogP contribution in [0, 0.1) is 5.92 Å². The van der Waals surface area contributed by atoms with Crippen LogP contribution in [0.3, 0.4) is 0 Å². The molecule has 2 bridgehead atoms. The van der Waals surface area contributed by atoms with Crippen molar-refractivity contribution in [3.8, 4) is 0 Å². The largest absolute Gasteiger partial charge is 0.339 e. The van der Waals surface area contributed by atoms with Crippen LogP contribution in [0.25, 0.3) is 0 Å². The zero-order valence-corrected chi connectivity index (χ0v) is 12.6. The molecular formula is C16H25N5. The van der Waals surface area contributed by atoms with E-state index in [1.54, 1.807) is 0 Å². The molecule has 1 aromatic rings. The van der Waals surface area contributed by atoms with Gasteiger partial charge in [0.2, 0.25) is 5.95 Å². The van der Waals surface area contributed by atoms with Crippen LogP contribution in [0.1, 0.15) is 25.7 Å². The highest BCUT2D eigenvalue weighted by atomic mass is 15.3. The number of fused-ring (bicyclic) bond motifs is 2. The SMILES string of the molecule is c1cnc(N2CCCC(NC3CCN4CCC3C4)C2)nc1. The lowest BCUT2D eigenvalue weighted by Gasteiger charge is -2.38. The Morgan fingerprint density at radius 1 is 1.00 bits per heavy atom. The summed E-state index contributed by atoms with van der Waals surface area (Å²) in [5, 5.41) is 3.96. The standard InChI is InChI=1S/C16H25N5/c1-3-14(12-21(8-1)16-17-6-2-7-18-16)19-15-5-10-20-9-4-13(15)11-20/h2,6-7,13-15,19H,1,3-5,8-12H2. The van der Waals surface area contributed by atoms with E-state index in [0.29, 0.717) is 6.04 Å². The van der Waals surface area contributed by atoms with Crippen LogP contribution >= 0.6 is 0 Å². The van der Waals surface area contributed by atoms with Gasteiger partial charge in [0.15, 0.2) is 0 Å². The van der Waals surface area contributed by atoms with Gasteiger partial charge in [-0.3, -0.25) is 0 Å². The van der Waals surface area contributed by atoms with Gasteiger partial charge in [0.05, 0.1) is 0 Å². The van der Waals surface area contributed by atoms with Gasteiger partial charge in [-0.1, -0.05) is 0 Å². The fourth-order valence-electron chi connectivity index (χ4n) is 4.22. The van der Waals surface area contributed by atoms with Crippen LogP contribution in [0.15, 0.2) is 18.5 Å². The van der Waals surface area contributed by atoms with Gasteiger partial charge in [-0.05, 0) is 50.8 Å². The van der Waals surface area contributed by atoms with Crippen molar-refractivity contribution in [2.45, 2.75) is 37.8 Å². The Hall–Kier alpha value is -1.20. The number of nitrogens with one attached hydrogen (secondary N) is 1. The van der Waals surface area contributed by atoms with Crippen LogP contribution in [0.4, 0.5) is 5.95 Å². The number of nitrogens with zero attached hydrogens (tertiary/aromatic N) is 4. The maximum Gasteiger partial charge on any atom is 0.225 e. The van der Waals surface area contributed by atoms with Crippen molar-refractivity contribution >= 4 is 5.95 Å². The van der Waals surface area contributed by atoms with Gasteiger partial charge in [-0.25, -0.2) is 9.97 Å². The van der Waals surface area contributed by atoms with Crippen molar-refractivity contribution in [2.24, 2.45) is 5.92 Å². The summed E-state index contributed by atoms with van der Waals surface area (Å²) in [6.07, 6.45) is 8.91. The second-order valence-corrected chi connectivity index (χ2v) is 6.75. The third-order valence-corrected chi connectivity index (χ3v) is 5.34. The van der Waals surface area contributed by atoms with Crippen LogP contribution in [-0.2, 0) is 0 Å². The molecule has 0 saturated carbocycles. The summed E-state index contributed by atoms with van der Waals surface area (Å²) < 4.78 is 0. The van der Waals surface area contributed by atoms with E-state index in [1.807, 2.05) is 18.5 Å². The van der Waals surface area contributed by atoms with E-state index >= 15 is 0 Å². The van der Waals surface area contributed by atoms with E-state index in [2.05, 4.69) is 25.1 Å². The number of anilines is 1. The molecule has 4 atom stereocenters. The lowest BCUT2D eigenvalue weighted by molar-refractivity contribution is 0.204. The predicted molar refractivity (Wildman–Crippen MR) is 83.4 cm³/mol. The molecule has 4 heterocycles. The number of aromatic nitrogens is 2.